The van der Waals surface area contributed by atoms with E-state index in [0.29, 0.717) is 11.3 Å². The molecule has 20 heavy (non-hydrogen) atoms. The zero-order chi connectivity index (χ0) is 14.8. The third-order valence-electron chi connectivity index (χ3n) is 2.71. The molecule has 0 unspecified atom stereocenters. The van der Waals surface area contributed by atoms with Gasteiger partial charge in [-0.05, 0) is 30.3 Å². The van der Waals surface area contributed by atoms with E-state index in [4.69, 9.17) is 16.9 Å². The van der Waals surface area contributed by atoms with Gasteiger partial charge >= 0.3 is 0 Å². The molecule has 7 heteroatoms. The summed E-state index contributed by atoms with van der Waals surface area (Å²) in [5.41, 5.74) is 0.728. The Labute approximate surface area is 122 Å². The Kier molecular flexibility index (Phi) is 3.93. The van der Waals surface area contributed by atoms with Crippen LogP contribution in [0.15, 0.2) is 47.6 Å². The van der Waals surface area contributed by atoms with Gasteiger partial charge in [0.1, 0.15) is 4.90 Å². The molecule has 0 aliphatic carbocycles. The molecule has 0 bridgehead atoms. The Morgan fingerprint density at radius 2 is 2.10 bits per heavy atom. The number of hydrogen-bond donors (Lipinski definition) is 0. The van der Waals surface area contributed by atoms with E-state index in [-0.39, 0.29) is 9.92 Å². The van der Waals surface area contributed by atoms with E-state index in [1.54, 1.807) is 18.3 Å². The van der Waals surface area contributed by atoms with E-state index in [0.717, 1.165) is 4.31 Å². The van der Waals surface area contributed by atoms with Gasteiger partial charge in [-0.1, -0.05) is 11.6 Å². The van der Waals surface area contributed by atoms with E-state index in [2.05, 4.69) is 4.98 Å². The average Bonchev–Trinajstić information content (AvgIpc) is 2.46. The van der Waals surface area contributed by atoms with Gasteiger partial charge in [0.2, 0.25) is 0 Å². The van der Waals surface area contributed by atoms with Crippen LogP contribution in [0, 0.1) is 11.3 Å². The van der Waals surface area contributed by atoms with Crippen molar-refractivity contribution in [2.24, 2.45) is 0 Å². The Morgan fingerprint density at radius 1 is 1.35 bits per heavy atom. The molecular formula is C13H10ClN3O2S. The molecule has 2 rings (SSSR count). The summed E-state index contributed by atoms with van der Waals surface area (Å²) in [5.74, 6) is 0. The van der Waals surface area contributed by atoms with Crippen LogP contribution < -0.4 is 4.31 Å². The van der Waals surface area contributed by atoms with Crippen LogP contribution >= 0.6 is 11.6 Å². The highest BCUT2D eigenvalue weighted by molar-refractivity contribution is 7.93. The minimum absolute atomic E-state index is 0.0137. The lowest BCUT2D eigenvalue weighted by Gasteiger charge is -2.19. The molecule has 0 atom stereocenters. The minimum Gasteiger partial charge on any atom is -0.268 e. The largest absolute Gasteiger partial charge is 0.268 e. The first kappa shape index (κ1) is 14.3. The number of aromatic nitrogens is 1. The van der Waals surface area contributed by atoms with Crippen LogP contribution in [0.4, 0.5) is 5.69 Å². The topological polar surface area (TPSA) is 74.1 Å². The fraction of sp³-hybridized carbons (Fsp3) is 0.0769. The van der Waals surface area contributed by atoms with Crippen LogP contribution in [0.2, 0.25) is 5.02 Å². The van der Waals surface area contributed by atoms with Crippen molar-refractivity contribution in [3.05, 3.63) is 53.3 Å². The van der Waals surface area contributed by atoms with Gasteiger partial charge < -0.3 is 0 Å². The number of benzene rings is 1. The van der Waals surface area contributed by atoms with Gasteiger partial charge in [0.05, 0.1) is 28.5 Å². The van der Waals surface area contributed by atoms with Crippen molar-refractivity contribution in [1.29, 1.82) is 5.26 Å². The number of nitriles is 1. The molecule has 2 aromatic rings. The Morgan fingerprint density at radius 3 is 2.65 bits per heavy atom. The van der Waals surface area contributed by atoms with Gasteiger partial charge in [-0.15, -0.1) is 0 Å². The lowest BCUT2D eigenvalue weighted by atomic mass is 10.2. The molecular weight excluding hydrogens is 298 g/mol. The number of halogens is 1. The molecule has 0 saturated heterocycles. The van der Waals surface area contributed by atoms with Crippen molar-refractivity contribution in [3.8, 4) is 6.07 Å². The molecule has 102 valence electrons. The van der Waals surface area contributed by atoms with Gasteiger partial charge in [-0.25, -0.2) is 8.42 Å². The summed E-state index contributed by atoms with van der Waals surface area (Å²) in [7, 11) is -2.38. The third-order valence-corrected chi connectivity index (χ3v) is 4.98. The Balaban J connectivity index is 2.49. The van der Waals surface area contributed by atoms with Crippen LogP contribution in [0.1, 0.15) is 5.56 Å². The molecule has 1 aromatic heterocycles. The quantitative estimate of drug-likeness (QED) is 0.873. The standard InChI is InChI=1S/C13H10ClN3O2S/c1-17(11-3-2-6-16-9-11)20(18,19)13-5-4-10(8-15)7-12(13)14/h2-7,9H,1H3. The molecule has 5 nitrogen and oxygen atoms in total. The molecule has 0 radical (unpaired) electrons. The number of sulfonamides is 1. The normalized spacial score (nSPS) is 10.8. The van der Waals surface area contributed by atoms with Crippen molar-refractivity contribution < 1.29 is 8.42 Å². The highest BCUT2D eigenvalue weighted by atomic mass is 35.5. The number of anilines is 1. The highest BCUT2D eigenvalue weighted by Crippen LogP contribution is 2.27. The summed E-state index contributed by atoms with van der Waals surface area (Å²) < 4.78 is 26.1. The predicted octanol–water partition coefficient (Wildman–Crippen LogP) is 2.43. The first-order valence-corrected chi connectivity index (χ1v) is 7.37. The van der Waals surface area contributed by atoms with Crippen molar-refractivity contribution in [3.63, 3.8) is 0 Å². The zero-order valence-corrected chi connectivity index (χ0v) is 12.1. The molecule has 0 aliphatic rings. The summed E-state index contributed by atoms with van der Waals surface area (Å²) >= 11 is 5.95. The molecule has 0 aliphatic heterocycles. The second-order valence-corrected chi connectivity index (χ2v) is 6.29. The molecule has 0 fully saturated rings. The van der Waals surface area contributed by atoms with E-state index >= 15 is 0 Å². The summed E-state index contributed by atoms with van der Waals surface area (Å²) in [6, 6.07) is 9.23. The van der Waals surface area contributed by atoms with E-state index in [1.807, 2.05) is 6.07 Å². The average molecular weight is 308 g/mol. The predicted molar refractivity (Wildman–Crippen MR) is 76.0 cm³/mol. The highest BCUT2D eigenvalue weighted by Gasteiger charge is 2.24. The lowest BCUT2D eigenvalue weighted by molar-refractivity contribution is 0.594. The summed E-state index contributed by atoms with van der Waals surface area (Å²) in [4.78, 5) is 3.83. The summed E-state index contributed by atoms with van der Waals surface area (Å²) in [6.45, 7) is 0. The summed E-state index contributed by atoms with van der Waals surface area (Å²) in [5, 5.41) is 8.78. The van der Waals surface area contributed by atoms with Crippen molar-refractivity contribution in [2.45, 2.75) is 4.90 Å². The minimum atomic E-state index is -3.80. The molecule has 1 heterocycles. The van der Waals surface area contributed by atoms with Crippen LogP contribution in [0.5, 0.6) is 0 Å². The molecule has 1 aromatic carbocycles. The monoisotopic (exact) mass is 307 g/mol. The lowest BCUT2D eigenvalue weighted by Crippen LogP contribution is -2.26. The van der Waals surface area contributed by atoms with Crippen molar-refractivity contribution in [2.75, 3.05) is 11.4 Å². The molecule has 0 N–H and O–H groups in total. The second-order valence-electron chi connectivity index (χ2n) is 3.94. The first-order valence-electron chi connectivity index (χ1n) is 5.55. The molecule has 0 spiro atoms. The Bertz CT molecular complexity index is 770. The third kappa shape index (κ3) is 2.59. The Hall–Kier alpha value is -2.10. The maximum absolute atomic E-state index is 12.5. The van der Waals surface area contributed by atoms with Crippen LogP contribution in [0.3, 0.4) is 0 Å². The van der Waals surface area contributed by atoms with Gasteiger partial charge in [0.25, 0.3) is 10.0 Å². The maximum Gasteiger partial charge on any atom is 0.265 e. The number of nitrogens with zero attached hydrogens (tertiary/aromatic N) is 3. The summed E-state index contributed by atoms with van der Waals surface area (Å²) in [6.07, 6.45) is 2.99. The van der Waals surface area contributed by atoms with Crippen molar-refractivity contribution in [1.82, 2.24) is 4.98 Å². The first-order chi connectivity index (χ1) is 9.46. The van der Waals surface area contributed by atoms with E-state index < -0.39 is 10.0 Å². The zero-order valence-electron chi connectivity index (χ0n) is 10.5. The fourth-order valence-electron chi connectivity index (χ4n) is 1.61. The van der Waals surface area contributed by atoms with Crippen molar-refractivity contribution >= 4 is 27.3 Å². The van der Waals surface area contributed by atoms with Gasteiger partial charge in [-0.2, -0.15) is 5.26 Å². The van der Waals surface area contributed by atoms with Gasteiger partial charge in [0, 0.05) is 13.2 Å². The molecule has 0 amide bonds. The van der Waals surface area contributed by atoms with E-state index in [9.17, 15) is 8.42 Å². The van der Waals surface area contributed by atoms with Crippen LogP contribution in [0.25, 0.3) is 0 Å². The number of pyridine rings is 1. The SMILES string of the molecule is CN(c1cccnc1)S(=O)(=O)c1ccc(C#N)cc1Cl. The van der Waals surface area contributed by atoms with Gasteiger partial charge in [-0.3, -0.25) is 9.29 Å². The number of hydrogen-bond acceptors (Lipinski definition) is 4. The fourth-order valence-corrected chi connectivity index (χ4v) is 3.30. The van der Waals surface area contributed by atoms with Crippen LogP contribution in [-0.2, 0) is 10.0 Å². The number of rotatable bonds is 3. The van der Waals surface area contributed by atoms with Gasteiger partial charge in [0.15, 0.2) is 0 Å². The van der Waals surface area contributed by atoms with E-state index in [1.165, 1.54) is 31.4 Å². The molecule has 0 saturated carbocycles. The maximum atomic E-state index is 12.5. The van der Waals surface area contributed by atoms with Crippen LogP contribution in [-0.4, -0.2) is 20.4 Å². The smallest absolute Gasteiger partial charge is 0.265 e. The second kappa shape index (κ2) is 5.49.